The lowest BCUT2D eigenvalue weighted by Gasteiger charge is -2.20. The summed E-state index contributed by atoms with van der Waals surface area (Å²) < 4.78 is 8.31. The molecule has 0 atom stereocenters. The van der Waals surface area contributed by atoms with Gasteiger partial charge in [0.15, 0.2) is 0 Å². The Morgan fingerprint density at radius 2 is 1.77 bits per heavy atom. The molecule has 1 amide bonds. The summed E-state index contributed by atoms with van der Waals surface area (Å²) in [7, 11) is 0. The average Bonchev–Trinajstić information content (AvgIpc) is 3.21. The highest BCUT2D eigenvalue weighted by Gasteiger charge is 2.21. The number of carbonyl (C=O) groups excluding carboxylic acids is 1. The van der Waals surface area contributed by atoms with Crippen molar-refractivity contribution in [3.05, 3.63) is 59.9 Å². The highest BCUT2D eigenvalue weighted by Crippen LogP contribution is 2.25. The van der Waals surface area contributed by atoms with Crippen molar-refractivity contribution in [3.63, 3.8) is 0 Å². The quantitative estimate of drug-likeness (QED) is 0.344. The van der Waals surface area contributed by atoms with Crippen LogP contribution in [-0.4, -0.2) is 28.6 Å². The maximum Gasteiger partial charge on any atom is 0.223 e. The number of aryl methyl sites for hydroxylation is 1. The van der Waals surface area contributed by atoms with Crippen LogP contribution in [0.25, 0.3) is 11.0 Å². The zero-order chi connectivity index (χ0) is 24.7. The van der Waals surface area contributed by atoms with Gasteiger partial charge in [-0.15, -0.1) is 0 Å². The highest BCUT2D eigenvalue weighted by molar-refractivity contribution is 5.78. The van der Waals surface area contributed by atoms with E-state index in [-0.39, 0.29) is 17.2 Å². The fourth-order valence-corrected chi connectivity index (χ4v) is 4.99. The van der Waals surface area contributed by atoms with E-state index in [0.717, 1.165) is 55.7 Å². The monoisotopic (exact) mass is 475 g/mol. The van der Waals surface area contributed by atoms with E-state index >= 15 is 0 Å². The van der Waals surface area contributed by atoms with Crippen molar-refractivity contribution >= 4 is 16.9 Å². The molecule has 0 unspecified atom stereocenters. The van der Waals surface area contributed by atoms with Crippen LogP contribution in [0.15, 0.2) is 48.5 Å². The molecular formula is C30H41N3O2. The predicted octanol–water partition coefficient (Wildman–Crippen LogP) is 6.43. The molecule has 1 fully saturated rings. The number of amides is 1. The van der Waals surface area contributed by atoms with Crippen molar-refractivity contribution < 1.29 is 9.53 Å². The van der Waals surface area contributed by atoms with Gasteiger partial charge in [-0.1, -0.05) is 64.3 Å². The molecule has 1 saturated carbocycles. The SMILES string of the molecule is CC(C)(C)c1ccc(OCCCCn2c(CCNC(=O)C3CCCCC3)nc3ccccc32)cc1. The van der Waals surface area contributed by atoms with E-state index in [1.807, 2.05) is 6.07 Å². The number of nitrogens with one attached hydrogen (secondary N) is 1. The molecule has 0 saturated heterocycles. The molecule has 1 heterocycles. The number of hydrogen-bond donors (Lipinski definition) is 1. The van der Waals surface area contributed by atoms with Gasteiger partial charge in [-0.05, 0) is 60.9 Å². The summed E-state index contributed by atoms with van der Waals surface area (Å²) in [6.07, 6.45) is 8.44. The van der Waals surface area contributed by atoms with E-state index in [1.165, 1.54) is 30.3 Å². The number of rotatable bonds is 10. The number of aromatic nitrogens is 2. The number of imidazole rings is 1. The Morgan fingerprint density at radius 1 is 1.03 bits per heavy atom. The van der Waals surface area contributed by atoms with Gasteiger partial charge >= 0.3 is 0 Å². The summed E-state index contributed by atoms with van der Waals surface area (Å²) in [6, 6.07) is 16.8. The van der Waals surface area contributed by atoms with Crippen LogP contribution >= 0.6 is 0 Å². The van der Waals surface area contributed by atoms with Crippen LogP contribution in [0, 0.1) is 5.92 Å². The third-order valence-corrected chi connectivity index (χ3v) is 7.12. The topological polar surface area (TPSA) is 56.1 Å². The molecule has 1 aliphatic carbocycles. The van der Waals surface area contributed by atoms with Gasteiger partial charge < -0.3 is 14.6 Å². The molecule has 0 aliphatic heterocycles. The minimum atomic E-state index is 0.155. The number of carbonyl (C=O) groups is 1. The van der Waals surface area contributed by atoms with Crippen molar-refractivity contribution in [1.82, 2.24) is 14.9 Å². The predicted molar refractivity (Wildman–Crippen MR) is 143 cm³/mol. The van der Waals surface area contributed by atoms with Crippen LogP contribution in [0.2, 0.25) is 0 Å². The van der Waals surface area contributed by atoms with Crippen molar-refractivity contribution in [2.45, 2.75) is 84.1 Å². The lowest BCUT2D eigenvalue weighted by atomic mass is 9.87. The molecule has 0 bridgehead atoms. The maximum atomic E-state index is 12.5. The second-order valence-electron chi connectivity index (χ2n) is 10.9. The minimum Gasteiger partial charge on any atom is -0.494 e. The number of fused-ring (bicyclic) bond motifs is 1. The van der Waals surface area contributed by atoms with Crippen LogP contribution < -0.4 is 10.1 Å². The molecule has 1 aromatic heterocycles. The second-order valence-corrected chi connectivity index (χ2v) is 10.9. The molecule has 0 radical (unpaired) electrons. The van der Waals surface area contributed by atoms with Crippen molar-refractivity contribution in [2.24, 2.45) is 5.92 Å². The Balaban J connectivity index is 1.28. The van der Waals surface area contributed by atoms with E-state index in [0.29, 0.717) is 13.2 Å². The molecule has 4 rings (SSSR count). The van der Waals surface area contributed by atoms with Gasteiger partial charge in [0.25, 0.3) is 0 Å². The maximum absolute atomic E-state index is 12.5. The first-order valence-corrected chi connectivity index (χ1v) is 13.4. The fraction of sp³-hybridized carbons (Fsp3) is 0.533. The first kappa shape index (κ1) is 25.3. The van der Waals surface area contributed by atoms with Crippen LogP contribution in [0.5, 0.6) is 5.75 Å². The molecule has 3 aromatic rings. The fourth-order valence-electron chi connectivity index (χ4n) is 4.99. The average molecular weight is 476 g/mol. The van der Waals surface area contributed by atoms with Crippen LogP contribution in [0.1, 0.15) is 77.1 Å². The van der Waals surface area contributed by atoms with Crippen molar-refractivity contribution in [3.8, 4) is 5.75 Å². The standard InChI is InChI=1S/C30H41N3O2/c1-30(2,3)24-15-17-25(18-16-24)35-22-10-9-21-33-27-14-8-7-13-26(27)32-28(33)19-20-31-29(34)23-11-5-4-6-12-23/h7-8,13-18,23H,4-6,9-12,19-22H2,1-3H3,(H,31,34). The first-order chi connectivity index (χ1) is 16.9. The molecule has 188 valence electrons. The Morgan fingerprint density at radius 3 is 2.51 bits per heavy atom. The van der Waals surface area contributed by atoms with Crippen molar-refractivity contribution in [2.75, 3.05) is 13.2 Å². The van der Waals surface area contributed by atoms with E-state index in [9.17, 15) is 4.79 Å². The smallest absolute Gasteiger partial charge is 0.223 e. The van der Waals surface area contributed by atoms with Crippen LogP contribution in [0.4, 0.5) is 0 Å². The summed E-state index contributed by atoms with van der Waals surface area (Å²) in [5, 5.41) is 3.17. The Labute approximate surface area is 210 Å². The molecular weight excluding hydrogens is 434 g/mol. The normalized spacial score (nSPS) is 14.8. The zero-order valence-corrected chi connectivity index (χ0v) is 21.7. The first-order valence-electron chi connectivity index (χ1n) is 13.4. The number of hydrogen-bond acceptors (Lipinski definition) is 3. The molecule has 1 aliphatic rings. The molecule has 5 nitrogen and oxygen atoms in total. The number of unbranched alkanes of at least 4 members (excludes halogenated alkanes) is 1. The number of para-hydroxylation sites is 2. The van der Waals surface area contributed by atoms with Gasteiger partial charge in [0.05, 0.1) is 17.6 Å². The lowest BCUT2D eigenvalue weighted by Crippen LogP contribution is -2.33. The summed E-state index contributed by atoms with van der Waals surface area (Å²) in [5.41, 5.74) is 3.66. The third-order valence-electron chi connectivity index (χ3n) is 7.12. The van der Waals surface area contributed by atoms with E-state index in [4.69, 9.17) is 9.72 Å². The van der Waals surface area contributed by atoms with E-state index < -0.39 is 0 Å². The largest absolute Gasteiger partial charge is 0.494 e. The molecule has 2 aromatic carbocycles. The Bertz CT molecular complexity index is 1090. The van der Waals surface area contributed by atoms with Gasteiger partial charge in [0, 0.05) is 25.4 Å². The van der Waals surface area contributed by atoms with Crippen LogP contribution in [-0.2, 0) is 23.2 Å². The highest BCUT2D eigenvalue weighted by atomic mass is 16.5. The lowest BCUT2D eigenvalue weighted by molar-refractivity contribution is -0.125. The van der Waals surface area contributed by atoms with Gasteiger partial charge in [0.2, 0.25) is 5.91 Å². The Kier molecular flexibility index (Phi) is 8.48. The van der Waals surface area contributed by atoms with Gasteiger partial charge in [-0.3, -0.25) is 4.79 Å². The van der Waals surface area contributed by atoms with Crippen molar-refractivity contribution in [1.29, 1.82) is 0 Å². The summed E-state index contributed by atoms with van der Waals surface area (Å²) >= 11 is 0. The van der Waals surface area contributed by atoms with E-state index in [1.54, 1.807) is 0 Å². The van der Waals surface area contributed by atoms with Gasteiger partial charge in [-0.25, -0.2) is 4.98 Å². The zero-order valence-electron chi connectivity index (χ0n) is 21.7. The summed E-state index contributed by atoms with van der Waals surface area (Å²) in [4.78, 5) is 17.4. The molecule has 35 heavy (non-hydrogen) atoms. The number of nitrogens with zero attached hydrogens (tertiary/aromatic N) is 2. The van der Waals surface area contributed by atoms with Gasteiger partial charge in [-0.2, -0.15) is 0 Å². The molecule has 5 heteroatoms. The molecule has 0 spiro atoms. The van der Waals surface area contributed by atoms with E-state index in [2.05, 4.69) is 73.1 Å². The second kappa shape index (κ2) is 11.7. The van der Waals surface area contributed by atoms with Crippen LogP contribution in [0.3, 0.4) is 0 Å². The number of benzene rings is 2. The third kappa shape index (κ3) is 6.87. The summed E-state index contributed by atoms with van der Waals surface area (Å²) in [6.45, 7) is 8.92. The summed E-state index contributed by atoms with van der Waals surface area (Å²) in [5.74, 6) is 2.40. The van der Waals surface area contributed by atoms with Gasteiger partial charge in [0.1, 0.15) is 11.6 Å². The Hall–Kier alpha value is -2.82. The number of ether oxygens (including phenoxy) is 1. The molecule has 1 N–H and O–H groups in total. The minimum absolute atomic E-state index is 0.155.